The molecule has 0 spiro atoms. The van der Waals surface area contributed by atoms with Crippen LogP contribution in [0.3, 0.4) is 0 Å². The van der Waals surface area contributed by atoms with E-state index < -0.39 is 5.97 Å². The van der Waals surface area contributed by atoms with E-state index in [0.29, 0.717) is 6.42 Å². The maximum Gasteiger partial charge on any atom is 0.303 e. The molecule has 0 aliphatic carbocycles. The molecule has 0 fully saturated rings. The Hall–Kier alpha value is -1.12. The third kappa shape index (κ3) is 15.9. The molecule has 0 saturated heterocycles. The van der Waals surface area contributed by atoms with Gasteiger partial charge in [-0.15, -0.1) is 0 Å². The Bertz CT molecular complexity index is 130. The van der Waals surface area contributed by atoms with Gasteiger partial charge >= 0.3 is 5.97 Å². The molecule has 0 aliphatic rings. The SMILES string of the molecule is C=O.CCCC=CCCC(=O)O. The van der Waals surface area contributed by atoms with E-state index >= 15 is 0 Å². The highest BCUT2D eigenvalue weighted by Gasteiger charge is 1.90. The molecule has 0 amide bonds. The van der Waals surface area contributed by atoms with Gasteiger partial charge in [0.2, 0.25) is 0 Å². The number of carbonyl (C=O) groups excluding carboxylic acids is 1. The van der Waals surface area contributed by atoms with Crippen molar-refractivity contribution in [3.63, 3.8) is 0 Å². The summed E-state index contributed by atoms with van der Waals surface area (Å²) in [6.07, 6.45) is 7.05. The molecular weight excluding hydrogens is 156 g/mol. The minimum atomic E-state index is -0.721. The molecule has 12 heavy (non-hydrogen) atoms. The summed E-state index contributed by atoms with van der Waals surface area (Å²) >= 11 is 0. The second kappa shape index (κ2) is 12.5. The summed E-state index contributed by atoms with van der Waals surface area (Å²) in [6.45, 7) is 4.10. The fourth-order valence-electron chi connectivity index (χ4n) is 0.609. The van der Waals surface area contributed by atoms with Crippen molar-refractivity contribution < 1.29 is 14.7 Å². The number of hydrogen-bond acceptors (Lipinski definition) is 2. The summed E-state index contributed by atoms with van der Waals surface area (Å²) in [7, 11) is 0. The van der Waals surface area contributed by atoms with Gasteiger partial charge < -0.3 is 9.90 Å². The number of allylic oxidation sites excluding steroid dienone is 2. The van der Waals surface area contributed by atoms with Crippen LogP contribution in [0.1, 0.15) is 32.6 Å². The van der Waals surface area contributed by atoms with Crippen LogP contribution < -0.4 is 0 Å². The zero-order valence-electron chi connectivity index (χ0n) is 7.45. The highest BCUT2D eigenvalue weighted by atomic mass is 16.4. The van der Waals surface area contributed by atoms with Crippen molar-refractivity contribution in [1.82, 2.24) is 0 Å². The van der Waals surface area contributed by atoms with Gasteiger partial charge in [-0.1, -0.05) is 25.5 Å². The Kier molecular flexibility index (Phi) is 14.1. The number of aliphatic carboxylic acids is 1. The summed E-state index contributed by atoms with van der Waals surface area (Å²) in [5.41, 5.74) is 0. The van der Waals surface area contributed by atoms with Crippen molar-refractivity contribution in [2.75, 3.05) is 0 Å². The van der Waals surface area contributed by atoms with Crippen LogP contribution in [0.4, 0.5) is 0 Å². The molecule has 0 saturated carbocycles. The zero-order valence-corrected chi connectivity index (χ0v) is 7.45. The van der Waals surface area contributed by atoms with E-state index in [2.05, 4.69) is 6.92 Å². The molecule has 0 rings (SSSR count). The van der Waals surface area contributed by atoms with E-state index in [4.69, 9.17) is 9.90 Å². The van der Waals surface area contributed by atoms with Gasteiger partial charge in [0.05, 0.1) is 0 Å². The quantitative estimate of drug-likeness (QED) is 0.645. The summed E-state index contributed by atoms with van der Waals surface area (Å²) < 4.78 is 0. The minimum absolute atomic E-state index is 0.250. The zero-order chi connectivity index (χ0) is 9.82. The van der Waals surface area contributed by atoms with Crippen molar-refractivity contribution in [3.8, 4) is 0 Å². The molecule has 3 nitrogen and oxygen atoms in total. The maximum atomic E-state index is 10.00. The number of hydrogen-bond donors (Lipinski definition) is 1. The van der Waals surface area contributed by atoms with E-state index in [9.17, 15) is 4.79 Å². The molecule has 0 heterocycles. The van der Waals surface area contributed by atoms with E-state index in [1.54, 1.807) is 0 Å². The lowest BCUT2D eigenvalue weighted by molar-refractivity contribution is -0.136. The lowest BCUT2D eigenvalue weighted by Gasteiger charge is -1.86. The fourth-order valence-corrected chi connectivity index (χ4v) is 0.609. The van der Waals surface area contributed by atoms with E-state index in [0.717, 1.165) is 12.8 Å². The Morgan fingerprint density at radius 3 is 2.25 bits per heavy atom. The van der Waals surface area contributed by atoms with Crippen LogP contribution in [-0.2, 0) is 9.59 Å². The number of carboxylic acid groups (broad SMARTS) is 1. The first kappa shape index (κ1) is 13.5. The Balaban J connectivity index is 0. The Morgan fingerprint density at radius 2 is 1.83 bits per heavy atom. The van der Waals surface area contributed by atoms with Crippen LogP contribution in [0.25, 0.3) is 0 Å². The second-order valence-electron chi connectivity index (χ2n) is 2.19. The van der Waals surface area contributed by atoms with Crippen molar-refractivity contribution in [2.24, 2.45) is 0 Å². The summed E-state index contributed by atoms with van der Waals surface area (Å²) in [4.78, 5) is 18.0. The van der Waals surface area contributed by atoms with E-state index in [1.165, 1.54) is 0 Å². The van der Waals surface area contributed by atoms with Crippen LogP contribution >= 0.6 is 0 Å². The van der Waals surface area contributed by atoms with Crippen molar-refractivity contribution in [1.29, 1.82) is 0 Å². The van der Waals surface area contributed by atoms with Crippen LogP contribution in [0.15, 0.2) is 12.2 Å². The first-order valence-electron chi connectivity index (χ1n) is 3.93. The maximum absolute atomic E-state index is 10.00. The molecule has 0 aromatic carbocycles. The van der Waals surface area contributed by atoms with Gasteiger partial charge in [0.15, 0.2) is 0 Å². The van der Waals surface area contributed by atoms with Crippen LogP contribution in [0, 0.1) is 0 Å². The first-order valence-corrected chi connectivity index (χ1v) is 3.93. The number of carbonyl (C=O) groups is 2. The van der Waals surface area contributed by atoms with Crippen molar-refractivity contribution in [3.05, 3.63) is 12.2 Å². The number of rotatable bonds is 5. The predicted molar refractivity (Wildman–Crippen MR) is 48.0 cm³/mol. The monoisotopic (exact) mass is 172 g/mol. The standard InChI is InChI=1S/C8H14O2.CH2O/c1-2-3-4-5-6-7-8(9)10;1-2/h4-5H,2-3,6-7H2,1H3,(H,9,10);1H2. The van der Waals surface area contributed by atoms with Gasteiger partial charge in [-0.2, -0.15) is 0 Å². The van der Waals surface area contributed by atoms with Crippen LogP contribution in [0.5, 0.6) is 0 Å². The lowest BCUT2D eigenvalue weighted by atomic mass is 10.2. The first-order chi connectivity index (χ1) is 5.77. The molecule has 1 N–H and O–H groups in total. The van der Waals surface area contributed by atoms with Gasteiger partial charge in [-0.05, 0) is 12.8 Å². The summed E-state index contributed by atoms with van der Waals surface area (Å²) in [5.74, 6) is -0.721. The minimum Gasteiger partial charge on any atom is -0.481 e. The molecule has 0 radical (unpaired) electrons. The van der Waals surface area contributed by atoms with Crippen LogP contribution in [-0.4, -0.2) is 17.9 Å². The average Bonchev–Trinajstić information content (AvgIpc) is 2.07. The number of carboxylic acids is 1. The molecule has 70 valence electrons. The topological polar surface area (TPSA) is 54.4 Å². The highest BCUT2D eigenvalue weighted by molar-refractivity contribution is 5.66. The van der Waals surface area contributed by atoms with E-state index in [1.807, 2.05) is 18.9 Å². The Labute approximate surface area is 73.1 Å². The fraction of sp³-hybridized carbons (Fsp3) is 0.556. The molecule has 0 bridgehead atoms. The Morgan fingerprint density at radius 1 is 1.33 bits per heavy atom. The average molecular weight is 172 g/mol. The normalized spacial score (nSPS) is 9.08. The molecular formula is C9H16O3. The van der Waals surface area contributed by atoms with Gasteiger partial charge in [0, 0.05) is 6.42 Å². The second-order valence-corrected chi connectivity index (χ2v) is 2.19. The summed E-state index contributed by atoms with van der Waals surface area (Å²) in [6, 6.07) is 0. The van der Waals surface area contributed by atoms with E-state index in [-0.39, 0.29) is 6.42 Å². The lowest BCUT2D eigenvalue weighted by Crippen LogP contribution is -1.91. The molecule has 0 atom stereocenters. The van der Waals surface area contributed by atoms with Crippen LogP contribution in [0.2, 0.25) is 0 Å². The van der Waals surface area contributed by atoms with Crippen molar-refractivity contribution in [2.45, 2.75) is 32.6 Å². The van der Waals surface area contributed by atoms with Gasteiger partial charge in [0.1, 0.15) is 6.79 Å². The summed E-state index contributed by atoms with van der Waals surface area (Å²) in [5, 5.41) is 8.24. The number of unbranched alkanes of at least 4 members (excludes halogenated alkanes) is 1. The smallest absolute Gasteiger partial charge is 0.303 e. The predicted octanol–water partition coefficient (Wildman–Crippen LogP) is 2.02. The largest absolute Gasteiger partial charge is 0.481 e. The third-order valence-electron chi connectivity index (χ3n) is 1.15. The molecule has 0 aromatic heterocycles. The molecule has 0 aromatic rings. The van der Waals surface area contributed by atoms with Gasteiger partial charge in [-0.25, -0.2) is 0 Å². The highest BCUT2D eigenvalue weighted by Crippen LogP contribution is 1.94. The molecule has 0 aliphatic heterocycles. The van der Waals surface area contributed by atoms with Gasteiger partial charge in [0.25, 0.3) is 0 Å². The van der Waals surface area contributed by atoms with Gasteiger partial charge in [-0.3, -0.25) is 4.79 Å². The third-order valence-corrected chi connectivity index (χ3v) is 1.15. The molecule has 0 unspecified atom stereocenters. The van der Waals surface area contributed by atoms with Crippen molar-refractivity contribution >= 4 is 12.8 Å². The molecule has 3 heteroatoms.